The van der Waals surface area contributed by atoms with Crippen molar-refractivity contribution in [1.29, 1.82) is 0 Å². The molecule has 0 saturated heterocycles. The smallest absolute Gasteiger partial charge is 0.00226 e. The first-order chi connectivity index (χ1) is 5.81. The molecule has 2 nitrogen and oxygen atoms in total. The van der Waals surface area contributed by atoms with Crippen molar-refractivity contribution in [3.8, 4) is 0 Å². The summed E-state index contributed by atoms with van der Waals surface area (Å²) in [5, 5.41) is 0. The number of hydrogen-bond acceptors (Lipinski definition) is 2. The SMILES string of the molecule is CC(N)CCN(C)CCC(C)(C)C. The average molecular weight is 186 g/mol. The minimum atomic E-state index is 0.331. The van der Waals surface area contributed by atoms with E-state index in [4.69, 9.17) is 5.73 Å². The van der Waals surface area contributed by atoms with E-state index in [9.17, 15) is 0 Å². The quantitative estimate of drug-likeness (QED) is 0.712. The zero-order chi connectivity index (χ0) is 10.5. The summed E-state index contributed by atoms with van der Waals surface area (Å²) in [7, 11) is 2.17. The van der Waals surface area contributed by atoms with E-state index in [0.717, 1.165) is 13.0 Å². The van der Waals surface area contributed by atoms with Crippen LogP contribution in [0.3, 0.4) is 0 Å². The summed E-state index contributed by atoms with van der Waals surface area (Å²) in [6.45, 7) is 11.2. The summed E-state index contributed by atoms with van der Waals surface area (Å²) in [5.74, 6) is 0. The third kappa shape index (κ3) is 9.84. The number of rotatable bonds is 5. The third-order valence-electron chi connectivity index (χ3n) is 2.21. The van der Waals surface area contributed by atoms with Crippen LogP contribution in [0.5, 0.6) is 0 Å². The van der Waals surface area contributed by atoms with Gasteiger partial charge in [-0.2, -0.15) is 0 Å². The Morgan fingerprint density at radius 3 is 2.15 bits per heavy atom. The molecule has 0 spiro atoms. The minimum Gasteiger partial charge on any atom is -0.328 e. The highest BCUT2D eigenvalue weighted by atomic mass is 15.1. The molecule has 13 heavy (non-hydrogen) atoms. The minimum absolute atomic E-state index is 0.331. The Hall–Kier alpha value is -0.0800. The molecule has 0 saturated carbocycles. The molecule has 0 aliphatic rings. The zero-order valence-electron chi connectivity index (χ0n) is 9.93. The van der Waals surface area contributed by atoms with Crippen LogP contribution in [0.4, 0.5) is 0 Å². The third-order valence-corrected chi connectivity index (χ3v) is 2.21. The maximum absolute atomic E-state index is 5.70. The lowest BCUT2D eigenvalue weighted by molar-refractivity contribution is 0.258. The molecule has 1 unspecified atom stereocenters. The first kappa shape index (κ1) is 12.9. The van der Waals surface area contributed by atoms with Crippen LogP contribution >= 0.6 is 0 Å². The highest BCUT2D eigenvalue weighted by Crippen LogP contribution is 2.18. The van der Waals surface area contributed by atoms with Crippen LogP contribution in [0.15, 0.2) is 0 Å². The second kappa shape index (κ2) is 5.61. The molecule has 0 bridgehead atoms. The summed E-state index contributed by atoms with van der Waals surface area (Å²) in [4.78, 5) is 2.37. The van der Waals surface area contributed by atoms with Crippen LogP contribution in [-0.4, -0.2) is 31.1 Å². The molecular weight excluding hydrogens is 160 g/mol. The van der Waals surface area contributed by atoms with Crippen molar-refractivity contribution in [2.75, 3.05) is 20.1 Å². The molecule has 0 aliphatic heterocycles. The molecule has 2 N–H and O–H groups in total. The molecular formula is C11H26N2. The van der Waals surface area contributed by atoms with Crippen molar-refractivity contribution in [3.63, 3.8) is 0 Å². The second-order valence-electron chi connectivity index (χ2n) is 5.38. The Morgan fingerprint density at radius 1 is 1.23 bits per heavy atom. The highest BCUT2D eigenvalue weighted by molar-refractivity contribution is 4.65. The van der Waals surface area contributed by atoms with Gasteiger partial charge in [0.2, 0.25) is 0 Å². The topological polar surface area (TPSA) is 29.3 Å². The fraction of sp³-hybridized carbons (Fsp3) is 1.00. The Bertz CT molecular complexity index is 125. The van der Waals surface area contributed by atoms with Crippen molar-refractivity contribution < 1.29 is 0 Å². The maximum Gasteiger partial charge on any atom is 0.00226 e. The molecule has 80 valence electrons. The van der Waals surface area contributed by atoms with E-state index in [-0.39, 0.29) is 0 Å². The van der Waals surface area contributed by atoms with Crippen molar-refractivity contribution in [2.45, 2.75) is 46.6 Å². The monoisotopic (exact) mass is 186 g/mol. The molecule has 2 heteroatoms. The number of nitrogens with two attached hydrogens (primary N) is 1. The first-order valence-electron chi connectivity index (χ1n) is 5.25. The average Bonchev–Trinajstić information content (AvgIpc) is 1.95. The van der Waals surface area contributed by atoms with Gasteiger partial charge in [-0.15, -0.1) is 0 Å². The Kier molecular flexibility index (Phi) is 5.57. The zero-order valence-corrected chi connectivity index (χ0v) is 9.93. The van der Waals surface area contributed by atoms with Gasteiger partial charge < -0.3 is 10.6 Å². The van der Waals surface area contributed by atoms with E-state index in [1.165, 1.54) is 13.0 Å². The molecule has 0 aliphatic carbocycles. The van der Waals surface area contributed by atoms with Crippen LogP contribution in [0.25, 0.3) is 0 Å². The van der Waals surface area contributed by atoms with Gasteiger partial charge in [0.15, 0.2) is 0 Å². The van der Waals surface area contributed by atoms with Crippen LogP contribution < -0.4 is 5.73 Å². The van der Waals surface area contributed by atoms with Gasteiger partial charge in [0.25, 0.3) is 0 Å². The van der Waals surface area contributed by atoms with Gasteiger partial charge in [-0.25, -0.2) is 0 Å². The van der Waals surface area contributed by atoms with Crippen molar-refractivity contribution in [3.05, 3.63) is 0 Å². The van der Waals surface area contributed by atoms with Crippen LogP contribution in [0, 0.1) is 5.41 Å². The van der Waals surface area contributed by atoms with Crippen LogP contribution in [0.1, 0.15) is 40.5 Å². The molecule has 0 radical (unpaired) electrons. The van der Waals surface area contributed by atoms with Crippen LogP contribution in [0.2, 0.25) is 0 Å². The fourth-order valence-corrected chi connectivity index (χ4v) is 1.06. The van der Waals surface area contributed by atoms with E-state index in [1.807, 2.05) is 0 Å². The summed E-state index contributed by atoms with van der Waals surface area (Å²) >= 11 is 0. The highest BCUT2D eigenvalue weighted by Gasteiger charge is 2.11. The van der Waals surface area contributed by atoms with Crippen LogP contribution in [-0.2, 0) is 0 Å². The lowest BCUT2D eigenvalue weighted by Crippen LogP contribution is -2.28. The van der Waals surface area contributed by atoms with E-state index in [2.05, 4.69) is 39.6 Å². The lowest BCUT2D eigenvalue weighted by atomic mass is 9.92. The predicted octanol–water partition coefficient (Wildman–Crippen LogP) is 2.09. The second-order valence-corrected chi connectivity index (χ2v) is 5.38. The van der Waals surface area contributed by atoms with E-state index in [0.29, 0.717) is 11.5 Å². The maximum atomic E-state index is 5.70. The molecule has 0 rings (SSSR count). The molecule has 0 aromatic heterocycles. The van der Waals surface area contributed by atoms with Gasteiger partial charge in [0, 0.05) is 6.04 Å². The summed E-state index contributed by atoms with van der Waals surface area (Å²) in [6, 6.07) is 0.331. The molecule has 1 atom stereocenters. The molecule has 0 amide bonds. The summed E-state index contributed by atoms with van der Waals surface area (Å²) in [6.07, 6.45) is 2.35. The fourth-order valence-electron chi connectivity index (χ4n) is 1.06. The van der Waals surface area contributed by atoms with E-state index >= 15 is 0 Å². The molecule has 0 aromatic carbocycles. The van der Waals surface area contributed by atoms with Gasteiger partial charge >= 0.3 is 0 Å². The summed E-state index contributed by atoms with van der Waals surface area (Å²) in [5.41, 5.74) is 6.14. The van der Waals surface area contributed by atoms with Gasteiger partial charge in [0.1, 0.15) is 0 Å². The normalized spacial score (nSPS) is 15.0. The first-order valence-corrected chi connectivity index (χ1v) is 5.25. The number of nitrogens with zero attached hydrogens (tertiary/aromatic N) is 1. The standard InChI is InChI=1S/C11H26N2/c1-10(12)6-8-13(5)9-7-11(2,3)4/h10H,6-9,12H2,1-5H3. The van der Waals surface area contributed by atoms with Gasteiger partial charge in [0.05, 0.1) is 0 Å². The van der Waals surface area contributed by atoms with Crippen molar-refractivity contribution >= 4 is 0 Å². The van der Waals surface area contributed by atoms with E-state index < -0.39 is 0 Å². The Balaban J connectivity index is 3.46. The van der Waals surface area contributed by atoms with Crippen molar-refractivity contribution in [2.24, 2.45) is 11.1 Å². The summed E-state index contributed by atoms with van der Waals surface area (Å²) < 4.78 is 0. The predicted molar refractivity (Wildman–Crippen MR) is 59.8 cm³/mol. The van der Waals surface area contributed by atoms with Crippen molar-refractivity contribution in [1.82, 2.24) is 4.90 Å². The lowest BCUT2D eigenvalue weighted by Gasteiger charge is -2.23. The van der Waals surface area contributed by atoms with Gasteiger partial charge in [-0.05, 0) is 45.3 Å². The Morgan fingerprint density at radius 2 is 1.77 bits per heavy atom. The van der Waals surface area contributed by atoms with E-state index in [1.54, 1.807) is 0 Å². The van der Waals surface area contributed by atoms with Gasteiger partial charge in [-0.3, -0.25) is 0 Å². The molecule has 0 heterocycles. The molecule has 0 aromatic rings. The number of hydrogen-bond donors (Lipinski definition) is 1. The largest absolute Gasteiger partial charge is 0.328 e. The molecule has 0 fully saturated rings. The van der Waals surface area contributed by atoms with Gasteiger partial charge in [-0.1, -0.05) is 20.8 Å². The Labute approximate surface area is 83.5 Å².